The van der Waals surface area contributed by atoms with E-state index in [4.69, 9.17) is 4.42 Å². The molecule has 0 aliphatic rings. The Balaban J connectivity index is 1.89. The normalized spacial score (nSPS) is 11.0. The molecule has 2 N–H and O–H groups in total. The third kappa shape index (κ3) is 3.16. The lowest BCUT2D eigenvalue weighted by Gasteiger charge is -2.08. The van der Waals surface area contributed by atoms with Crippen molar-refractivity contribution in [3.8, 4) is 0 Å². The average Bonchev–Trinajstić information content (AvgIpc) is 3.10. The molecule has 110 valence electrons. The van der Waals surface area contributed by atoms with Gasteiger partial charge < -0.3 is 15.1 Å². The van der Waals surface area contributed by atoms with Crippen LogP contribution in [0.5, 0.6) is 0 Å². The first-order valence-electron chi connectivity index (χ1n) is 7.03. The van der Waals surface area contributed by atoms with E-state index in [-0.39, 0.29) is 0 Å². The number of hydrogen-bond donors (Lipinski definition) is 2. The van der Waals surface area contributed by atoms with E-state index >= 15 is 0 Å². The van der Waals surface area contributed by atoms with Crippen molar-refractivity contribution < 1.29 is 4.42 Å². The first kappa shape index (κ1) is 13.9. The molecule has 0 fully saturated rings. The summed E-state index contributed by atoms with van der Waals surface area (Å²) in [6.07, 6.45) is 4.46. The molecular formula is C15H18N4OS. The minimum atomic E-state index is 0.681. The van der Waals surface area contributed by atoms with Gasteiger partial charge in [-0.2, -0.15) is 4.98 Å². The van der Waals surface area contributed by atoms with E-state index in [0.29, 0.717) is 12.5 Å². The van der Waals surface area contributed by atoms with Gasteiger partial charge in [-0.1, -0.05) is 6.92 Å². The van der Waals surface area contributed by atoms with Crippen LogP contribution in [0.2, 0.25) is 0 Å². The maximum atomic E-state index is 5.09. The summed E-state index contributed by atoms with van der Waals surface area (Å²) in [7, 11) is 0. The van der Waals surface area contributed by atoms with Crippen molar-refractivity contribution in [1.82, 2.24) is 9.97 Å². The Hall–Kier alpha value is -2.08. The summed E-state index contributed by atoms with van der Waals surface area (Å²) in [6, 6.07) is 4.07. The van der Waals surface area contributed by atoms with Gasteiger partial charge in [0.25, 0.3) is 0 Å². The highest BCUT2D eigenvalue weighted by atomic mass is 32.1. The summed E-state index contributed by atoms with van der Waals surface area (Å²) in [5, 5.41) is 7.70. The molecule has 0 radical (unpaired) electrons. The second-order valence-corrected chi connectivity index (χ2v) is 6.12. The van der Waals surface area contributed by atoms with Gasteiger partial charge in [0, 0.05) is 23.5 Å². The molecule has 0 unspecified atom stereocenters. The Morgan fingerprint density at radius 2 is 2.19 bits per heavy atom. The highest BCUT2D eigenvalue weighted by Crippen LogP contribution is 2.29. The van der Waals surface area contributed by atoms with E-state index < -0.39 is 0 Å². The minimum Gasteiger partial charge on any atom is -0.472 e. The number of furan rings is 1. The van der Waals surface area contributed by atoms with Crippen molar-refractivity contribution in [1.29, 1.82) is 0 Å². The van der Waals surface area contributed by atoms with Gasteiger partial charge in [0.05, 0.1) is 17.9 Å². The second kappa shape index (κ2) is 6.13. The van der Waals surface area contributed by atoms with Crippen LogP contribution < -0.4 is 10.6 Å². The van der Waals surface area contributed by atoms with Crippen LogP contribution in [-0.4, -0.2) is 16.5 Å². The quantitative estimate of drug-likeness (QED) is 0.720. The third-order valence-electron chi connectivity index (χ3n) is 3.09. The SMILES string of the molecule is CCCNc1nc(NCc2ccoc2)c2cc(C)sc2n1. The second-order valence-electron chi connectivity index (χ2n) is 4.88. The first-order valence-corrected chi connectivity index (χ1v) is 7.85. The molecule has 0 aliphatic heterocycles. The third-order valence-corrected chi connectivity index (χ3v) is 4.03. The monoisotopic (exact) mass is 302 g/mol. The molecule has 0 amide bonds. The number of nitrogens with zero attached hydrogens (tertiary/aromatic N) is 2. The van der Waals surface area contributed by atoms with Gasteiger partial charge in [-0.05, 0) is 25.5 Å². The van der Waals surface area contributed by atoms with Crippen LogP contribution in [0.1, 0.15) is 23.8 Å². The smallest absolute Gasteiger partial charge is 0.226 e. The highest BCUT2D eigenvalue weighted by molar-refractivity contribution is 7.18. The summed E-state index contributed by atoms with van der Waals surface area (Å²) >= 11 is 1.69. The number of rotatable bonds is 6. The fourth-order valence-electron chi connectivity index (χ4n) is 2.07. The van der Waals surface area contributed by atoms with Gasteiger partial charge in [-0.25, -0.2) is 4.98 Å². The number of nitrogens with one attached hydrogen (secondary N) is 2. The van der Waals surface area contributed by atoms with E-state index in [1.807, 2.05) is 6.07 Å². The molecule has 0 aliphatic carbocycles. The predicted molar refractivity (Wildman–Crippen MR) is 87.0 cm³/mol. The van der Waals surface area contributed by atoms with Crippen LogP contribution in [0.25, 0.3) is 10.2 Å². The lowest BCUT2D eigenvalue weighted by atomic mass is 10.3. The Labute approximate surface area is 127 Å². The molecule has 0 aromatic carbocycles. The van der Waals surface area contributed by atoms with Crippen LogP contribution >= 0.6 is 11.3 Å². The predicted octanol–water partition coefficient (Wildman–Crippen LogP) is 4.03. The fraction of sp³-hybridized carbons (Fsp3) is 0.333. The van der Waals surface area contributed by atoms with Gasteiger partial charge >= 0.3 is 0 Å². The summed E-state index contributed by atoms with van der Waals surface area (Å²) in [4.78, 5) is 11.4. The lowest BCUT2D eigenvalue weighted by molar-refractivity contribution is 0.564. The minimum absolute atomic E-state index is 0.681. The van der Waals surface area contributed by atoms with E-state index in [1.165, 1.54) is 4.88 Å². The summed E-state index contributed by atoms with van der Waals surface area (Å²) < 4.78 is 5.09. The molecule has 0 saturated heterocycles. The van der Waals surface area contributed by atoms with Gasteiger partial charge in [-0.15, -0.1) is 11.3 Å². The topological polar surface area (TPSA) is 63.0 Å². The number of aromatic nitrogens is 2. The number of hydrogen-bond acceptors (Lipinski definition) is 6. The number of aryl methyl sites for hydroxylation is 1. The number of thiophene rings is 1. The Kier molecular flexibility index (Phi) is 4.06. The van der Waals surface area contributed by atoms with Gasteiger partial charge in [0.1, 0.15) is 10.6 Å². The van der Waals surface area contributed by atoms with Gasteiger partial charge in [-0.3, -0.25) is 0 Å². The standard InChI is InChI=1S/C15H18N4OS/c1-3-5-16-15-18-13(17-8-11-4-6-20-9-11)12-7-10(2)21-14(12)19-15/h4,6-7,9H,3,5,8H2,1-2H3,(H2,16,17,18,19). The van der Waals surface area contributed by atoms with E-state index in [0.717, 1.165) is 34.6 Å². The molecule has 3 aromatic rings. The molecule has 0 saturated carbocycles. The number of anilines is 2. The zero-order valence-electron chi connectivity index (χ0n) is 12.1. The molecule has 0 spiro atoms. The lowest BCUT2D eigenvalue weighted by Crippen LogP contribution is -2.07. The van der Waals surface area contributed by atoms with Crippen molar-refractivity contribution in [2.45, 2.75) is 26.8 Å². The van der Waals surface area contributed by atoms with Crippen LogP contribution in [0, 0.1) is 6.92 Å². The summed E-state index contributed by atoms with van der Waals surface area (Å²) in [6.45, 7) is 5.77. The molecule has 3 aromatic heterocycles. The van der Waals surface area contributed by atoms with Crippen molar-refractivity contribution in [2.24, 2.45) is 0 Å². The summed E-state index contributed by atoms with van der Waals surface area (Å²) in [5.41, 5.74) is 1.09. The van der Waals surface area contributed by atoms with Crippen molar-refractivity contribution in [3.05, 3.63) is 35.1 Å². The maximum absolute atomic E-state index is 5.09. The van der Waals surface area contributed by atoms with Gasteiger partial charge in [0.15, 0.2) is 0 Å². The highest BCUT2D eigenvalue weighted by Gasteiger charge is 2.10. The summed E-state index contributed by atoms with van der Waals surface area (Å²) in [5.74, 6) is 1.55. The fourth-order valence-corrected chi connectivity index (χ4v) is 2.95. The molecule has 0 atom stereocenters. The molecule has 3 heterocycles. The molecule has 3 rings (SSSR count). The van der Waals surface area contributed by atoms with Crippen molar-refractivity contribution in [2.75, 3.05) is 17.2 Å². The first-order chi connectivity index (χ1) is 10.3. The largest absolute Gasteiger partial charge is 0.472 e. The maximum Gasteiger partial charge on any atom is 0.226 e. The Morgan fingerprint density at radius 3 is 2.95 bits per heavy atom. The Bertz CT molecular complexity index is 721. The van der Waals surface area contributed by atoms with E-state index in [2.05, 4.69) is 40.5 Å². The molecule has 6 heteroatoms. The van der Waals surface area contributed by atoms with Crippen LogP contribution in [0.15, 0.2) is 29.1 Å². The van der Waals surface area contributed by atoms with Crippen LogP contribution in [0.4, 0.5) is 11.8 Å². The van der Waals surface area contributed by atoms with Crippen LogP contribution in [-0.2, 0) is 6.54 Å². The molecule has 0 bridgehead atoms. The Morgan fingerprint density at radius 1 is 1.29 bits per heavy atom. The van der Waals surface area contributed by atoms with Crippen molar-refractivity contribution in [3.63, 3.8) is 0 Å². The molecule has 5 nitrogen and oxygen atoms in total. The molecule has 21 heavy (non-hydrogen) atoms. The molecular weight excluding hydrogens is 284 g/mol. The van der Waals surface area contributed by atoms with E-state index in [1.54, 1.807) is 23.9 Å². The average molecular weight is 302 g/mol. The van der Waals surface area contributed by atoms with Gasteiger partial charge in [0.2, 0.25) is 5.95 Å². The number of fused-ring (bicyclic) bond motifs is 1. The zero-order chi connectivity index (χ0) is 14.7. The van der Waals surface area contributed by atoms with Crippen LogP contribution in [0.3, 0.4) is 0 Å². The van der Waals surface area contributed by atoms with E-state index in [9.17, 15) is 0 Å². The zero-order valence-corrected chi connectivity index (χ0v) is 13.0. The van der Waals surface area contributed by atoms with Crippen molar-refractivity contribution >= 4 is 33.3 Å².